The van der Waals surface area contributed by atoms with Gasteiger partial charge in [-0.2, -0.15) is 0 Å². The van der Waals surface area contributed by atoms with E-state index in [2.05, 4.69) is 26.2 Å². The zero-order valence-electron chi connectivity index (χ0n) is 8.70. The van der Waals surface area contributed by atoms with E-state index in [0.29, 0.717) is 5.54 Å². The number of hydrogen-bond donors (Lipinski definition) is 1. The molecule has 0 heterocycles. The molecule has 0 saturated heterocycles. The summed E-state index contributed by atoms with van der Waals surface area (Å²) in [5.41, 5.74) is 0.514. The predicted octanol–water partition coefficient (Wildman–Crippen LogP) is 2.81. The minimum Gasteiger partial charge on any atom is -0.314 e. The molecular formula is C10H23N. The largest absolute Gasteiger partial charge is 0.314 e. The lowest BCUT2D eigenvalue weighted by atomic mass is 9.66. The highest BCUT2D eigenvalue weighted by Crippen LogP contribution is 2.39. The summed E-state index contributed by atoms with van der Waals surface area (Å²) in [7, 11) is 2.08. The third kappa shape index (κ3) is 1.96. The Bertz CT molecular complexity index is 89.5. The van der Waals surface area contributed by atoms with Crippen LogP contribution in [-0.2, 0) is 0 Å². The van der Waals surface area contributed by atoms with Crippen LogP contribution in [0.3, 0.4) is 0 Å². The maximum atomic E-state index is 3.41. The highest BCUT2D eigenvalue weighted by molar-refractivity contribution is 4.98. The molecule has 2 unspecified atom stereocenters. The van der Waals surface area contributed by atoms with Gasteiger partial charge in [0, 0.05) is 5.54 Å². The Morgan fingerprint density at radius 1 is 1.45 bits per heavy atom. The molecule has 68 valence electrons. The molecule has 1 saturated carbocycles. The van der Waals surface area contributed by atoms with Crippen LogP contribution in [0.25, 0.3) is 0 Å². The average molecular weight is 157 g/mol. The van der Waals surface area contributed by atoms with Crippen LogP contribution >= 0.6 is 0 Å². The maximum absolute atomic E-state index is 3.41. The van der Waals surface area contributed by atoms with Crippen molar-refractivity contribution in [2.24, 2.45) is 5.92 Å². The van der Waals surface area contributed by atoms with Gasteiger partial charge in [0.05, 0.1) is 0 Å². The summed E-state index contributed by atoms with van der Waals surface area (Å²) >= 11 is 0. The van der Waals surface area contributed by atoms with Crippen molar-refractivity contribution >= 4 is 0 Å². The summed E-state index contributed by atoms with van der Waals surface area (Å²) in [5, 5.41) is 3.41. The van der Waals surface area contributed by atoms with E-state index in [1.54, 1.807) is 0 Å². The lowest BCUT2D eigenvalue weighted by Crippen LogP contribution is -2.55. The minimum absolute atomic E-state index is 0.514. The molecule has 1 rings (SSSR count). The maximum Gasteiger partial charge on any atom is 0.0201 e. The first-order valence-electron chi connectivity index (χ1n) is 4.94. The Labute approximate surface area is 71.6 Å². The van der Waals surface area contributed by atoms with E-state index in [9.17, 15) is 0 Å². The molecule has 1 aliphatic rings. The van der Waals surface area contributed by atoms with Gasteiger partial charge in [0.15, 0.2) is 0 Å². The van der Waals surface area contributed by atoms with E-state index in [-0.39, 0.29) is 0 Å². The van der Waals surface area contributed by atoms with Gasteiger partial charge in [-0.15, -0.1) is 0 Å². The molecule has 1 heteroatoms. The summed E-state index contributed by atoms with van der Waals surface area (Å²) in [5.74, 6) is 0.896. The summed E-state index contributed by atoms with van der Waals surface area (Å²) in [6, 6.07) is 0. The lowest BCUT2D eigenvalue weighted by Gasteiger charge is -2.47. The second-order valence-corrected chi connectivity index (χ2v) is 3.20. The molecule has 1 fully saturated rings. The highest BCUT2D eigenvalue weighted by atomic mass is 15.0. The number of rotatable bonds is 2. The Kier molecular flexibility index (Phi) is 4.74. The quantitative estimate of drug-likeness (QED) is 0.650. The molecule has 0 spiro atoms. The van der Waals surface area contributed by atoms with Crippen molar-refractivity contribution in [3.05, 3.63) is 0 Å². The molecule has 0 aromatic rings. The van der Waals surface area contributed by atoms with Gasteiger partial charge < -0.3 is 5.32 Å². The van der Waals surface area contributed by atoms with Gasteiger partial charge in [-0.25, -0.2) is 0 Å². The Morgan fingerprint density at radius 2 is 2.00 bits per heavy atom. The van der Waals surface area contributed by atoms with Crippen molar-refractivity contribution in [3.8, 4) is 0 Å². The Hall–Kier alpha value is -0.0400. The topological polar surface area (TPSA) is 12.0 Å². The van der Waals surface area contributed by atoms with E-state index >= 15 is 0 Å². The van der Waals surface area contributed by atoms with Crippen molar-refractivity contribution in [3.63, 3.8) is 0 Å². The second kappa shape index (κ2) is 4.76. The van der Waals surface area contributed by atoms with Crippen LogP contribution in [0, 0.1) is 5.92 Å². The van der Waals surface area contributed by atoms with E-state index < -0.39 is 0 Å². The average Bonchev–Trinajstić information content (AvgIpc) is 2.08. The molecule has 0 aliphatic heterocycles. The summed E-state index contributed by atoms with van der Waals surface area (Å²) in [4.78, 5) is 0. The third-order valence-corrected chi connectivity index (χ3v) is 3.10. The summed E-state index contributed by atoms with van der Waals surface area (Å²) < 4.78 is 0. The first-order chi connectivity index (χ1) is 5.25. The van der Waals surface area contributed by atoms with Crippen LogP contribution in [-0.4, -0.2) is 12.6 Å². The molecule has 1 aliphatic carbocycles. The third-order valence-electron chi connectivity index (χ3n) is 3.10. The first-order valence-corrected chi connectivity index (χ1v) is 4.94. The molecular weight excluding hydrogens is 134 g/mol. The smallest absolute Gasteiger partial charge is 0.0201 e. The normalized spacial score (nSPS) is 35.2. The van der Waals surface area contributed by atoms with Gasteiger partial charge in [0.2, 0.25) is 0 Å². The summed E-state index contributed by atoms with van der Waals surface area (Å²) in [6.45, 7) is 8.61. The van der Waals surface area contributed by atoms with Gasteiger partial charge in [-0.3, -0.25) is 0 Å². The van der Waals surface area contributed by atoms with E-state index in [1.807, 2.05) is 13.8 Å². The second-order valence-electron chi connectivity index (χ2n) is 3.20. The van der Waals surface area contributed by atoms with E-state index in [0.717, 1.165) is 5.92 Å². The van der Waals surface area contributed by atoms with E-state index in [4.69, 9.17) is 0 Å². The van der Waals surface area contributed by atoms with Crippen LogP contribution in [0.5, 0.6) is 0 Å². The molecule has 1 N–H and O–H groups in total. The number of hydrogen-bond acceptors (Lipinski definition) is 1. The molecule has 11 heavy (non-hydrogen) atoms. The lowest BCUT2D eigenvalue weighted by molar-refractivity contribution is 0.101. The summed E-state index contributed by atoms with van der Waals surface area (Å²) in [6.07, 6.45) is 4.07. The Morgan fingerprint density at radius 3 is 2.00 bits per heavy atom. The molecule has 0 bridgehead atoms. The van der Waals surface area contributed by atoms with Gasteiger partial charge in [-0.05, 0) is 32.2 Å². The Balaban J connectivity index is 0.000000461. The zero-order chi connectivity index (χ0) is 8.91. The van der Waals surface area contributed by atoms with Crippen LogP contribution in [0.4, 0.5) is 0 Å². The van der Waals surface area contributed by atoms with Gasteiger partial charge >= 0.3 is 0 Å². The monoisotopic (exact) mass is 157 g/mol. The first kappa shape index (κ1) is 11.0. The molecule has 1 nitrogen and oxygen atoms in total. The van der Waals surface area contributed by atoms with Crippen LogP contribution in [0.1, 0.15) is 47.0 Å². The molecule has 0 aromatic carbocycles. The van der Waals surface area contributed by atoms with Gasteiger partial charge in [0.1, 0.15) is 0 Å². The van der Waals surface area contributed by atoms with Crippen LogP contribution in [0.2, 0.25) is 0 Å². The minimum atomic E-state index is 0.514. The zero-order valence-corrected chi connectivity index (χ0v) is 8.70. The molecule has 2 atom stereocenters. The van der Waals surface area contributed by atoms with E-state index in [1.165, 1.54) is 19.3 Å². The fraction of sp³-hybridized carbons (Fsp3) is 1.00. The molecule has 0 aromatic heterocycles. The van der Waals surface area contributed by atoms with Crippen LogP contribution < -0.4 is 5.32 Å². The van der Waals surface area contributed by atoms with Crippen molar-refractivity contribution in [2.45, 2.75) is 52.5 Å². The number of nitrogens with one attached hydrogen (secondary N) is 1. The van der Waals surface area contributed by atoms with Crippen molar-refractivity contribution in [1.82, 2.24) is 5.32 Å². The van der Waals surface area contributed by atoms with Crippen LogP contribution in [0.15, 0.2) is 0 Å². The van der Waals surface area contributed by atoms with Crippen molar-refractivity contribution in [2.75, 3.05) is 7.05 Å². The van der Waals surface area contributed by atoms with Crippen molar-refractivity contribution < 1.29 is 0 Å². The molecule has 0 amide bonds. The fourth-order valence-corrected chi connectivity index (χ4v) is 1.85. The predicted molar refractivity (Wildman–Crippen MR) is 51.8 cm³/mol. The highest BCUT2D eigenvalue weighted by Gasteiger charge is 2.40. The fourth-order valence-electron chi connectivity index (χ4n) is 1.85. The van der Waals surface area contributed by atoms with Gasteiger partial charge in [-0.1, -0.05) is 27.7 Å². The van der Waals surface area contributed by atoms with Gasteiger partial charge in [0.25, 0.3) is 0 Å². The standard InChI is InChI=1S/C8H17N.C2H6/c1-4-8(9-3)6-5-7(8)2;1-2/h7,9H,4-6H2,1-3H3;1-2H3. The molecule has 0 radical (unpaired) electrons. The SMILES string of the molecule is CC.CCC1(NC)CCC1C. The van der Waals surface area contributed by atoms with Crippen molar-refractivity contribution in [1.29, 1.82) is 0 Å².